The van der Waals surface area contributed by atoms with Gasteiger partial charge in [-0.1, -0.05) is 12.2 Å². The van der Waals surface area contributed by atoms with Crippen molar-refractivity contribution in [2.75, 3.05) is 21.1 Å². The van der Waals surface area contributed by atoms with Crippen LogP contribution in [0.15, 0.2) is 12.2 Å². The maximum absolute atomic E-state index is 3.18. The van der Waals surface area contributed by atoms with Gasteiger partial charge in [-0.25, -0.2) is 0 Å². The Hall–Kier alpha value is -0.380. The summed E-state index contributed by atoms with van der Waals surface area (Å²) in [4.78, 5) is 0. The standard InChI is InChI=1S/C9H21N3/c1-8(10-3)6-7-9(2,11-4)12-5/h6-8,10-12H,1-5H3/b7-6+. The summed E-state index contributed by atoms with van der Waals surface area (Å²) in [5, 5.41) is 9.51. The number of rotatable bonds is 5. The maximum atomic E-state index is 3.18. The molecule has 0 bridgehead atoms. The van der Waals surface area contributed by atoms with E-state index in [9.17, 15) is 0 Å². The predicted molar refractivity (Wildman–Crippen MR) is 54.2 cm³/mol. The monoisotopic (exact) mass is 171 g/mol. The van der Waals surface area contributed by atoms with Gasteiger partial charge in [0.1, 0.15) is 0 Å². The molecule has 72 valence electrons. The van der Waals surface area contributed by atoms with E-state index in [1.54, 1.807) is 0 Å². The third-order valence-corrected chi connectivity index (χ3v) is 2.21. The SMILES string of the molecule is CNC(C)/C=C/C(C)(NC)NC. The van der Waals surface area contributed by atoms with Crippen molar-refractivity contribution in [1.82, 2.24) is 16.0 Å². The van der Waals surface area contributed by atoms with Crippen LogP contribution in [0.4, 0.5) is 0 Å². The predicted octanol–water partition coefficient (Wildman–Crippen LogP) is 0.306. The van der Waals surface area contributed by atoms with Crippen LogP contribution in [0, 0.1) is 0 Å². The number of likely N-dealkylation sites (N-methyl/N-ethyl adjacent to an activating group) is 3. The second kappa shape index (κ2) is 5.30. The topological polar surface area (TPSA) is 36.1 Å². The minimum atomic E-state index is -0.106. The van der Waals surface area contributed by atoms with E-state index in [0.717, 1.165) is 0 Å². The average Bonchev–Trinajstić information content (AvgIpc) is 2.13. The highest BCUT2D eigenvalue weighted by molar-refractivity contribution is 5.04. The van der Waals surface area contributed by atoms with E-state index < -0.39 is 0 Å². The Morgan fingerprint density at radius 3 is 2.00 bits per heavy atom. The molecule has 0 aromatic rings. The Labute approximate surface area is 75.6 Å². The van der Waals surface area contributed by atoms with Crippen molar-refractivity contribution in [3.63, 3.8) is 0 Å². The molecule has 3 nitrogen and oxygen atoms in total. The molecule has 0 aliphatic rings. The van der Waals surface area contributed by atoms with Gasteiger partial charge in [0, 0.05) is 6.04 Å². The lowest BCUT2D eigenvalue weighted by atomic mass is 10.1. The van der Waals surface area contributed by atoms with Crippen LogP contribution in [0.5, 0.6) is 0 Å². The van der Waals surface area contributed by atoms with Crippen LogP contribution in [0.25, 0.3) is 0 Å². The number of hydrogen-bond donors (Lipinski definition) is 3. The van der Waals surface area contributed by atoms with Crippen LogP contribution >= 0.6 is 0 Å². The van der Waals surface area contributed by atoms with Gasteiger partial charge in [-0.3, -0.25) is 10.6 Å². The fraction of sp³-hybridized carbons (Fsp3) is 0.778. The van der Waals surface area contributed by atoms with Gasteiger partial charge in [0.15, 0.2) is 0 Å². The third-order valence-electron chi connectivity index (χ3n) is 2.21. The van der Waals surface area contributed by atoms with Crippen molar-refractivity contribution >= 4 is 0 Å². The fourth-order valence-electron chi connectivity index (χ4n) is 0.725. The molecule has 12 heavy (non-hydrogen) atoms. The van der Waals surface area contributed by atoms with E-state index in [1.807, 2.05) is 21.1 Å². The Balaban J connectivity index is 4.09. The van der Waals surface area contributed by atoms with Crippen molar-refractivity contribution < 1.29 is 0 Å². The highest BCUT2D eigenvalue weighted by Crippen LogP contribution is 1.99. The summed E-state index contributed by atoms with van der Waals surface area (Å²) in [6.45, 7) is 4.20. The molecule has 0 saturated heterocycles. The molecule has 0 aromatic carbocycles. The van der Waals surface area contributed by atoms with Gasteiger partial charge in [0.05, 0.1) is 5.66 Å². The normalized spacial score (nSPS) is 15.4. The Morgan fingerprint density at radius 1 is 1.17 bits per heavy atom. The van der Waals surface area contributed by atoms with E-state index in [2.05, 4.69) is 41.9 Å². The van der Waals surface area contributed by atoms with Crippen molar-refractivity contribution in [1.29, 1.82) is 0 Å². The minimum Gasteiger partial charge on any atom is -0.314 e. The van der Waals surface area contributed by atoms with Crippen LogP contribution in [-0.2, 0) is 0 Å². The largest absolute Gasteiger partial charge is 0.314 e. The van der Waals surface area contributed by atoms with Crippen molar-refractivity contribution in [2.45, 2.75) is 25.6 Å². The molecule has 0 aliphatic heterocycles. The number of hydrogen-bond acceptors (Lipinski definition) is 3. The molecular formula is C9H21N3. The van der Waals surface area contributed by atoms with Gasteiger partial charge in [-0.2, -0.15) is 0 Å². The first kappa shape index (κ1) is 11.6. The van der Waals surface area contributed by atoms with Gasteiger partial charge in [0.2, 0.25) is 0 Å². The first-order chi connectivity index (χ1) is 5.58. The highest BCUT2D eigenvalue weighted by atomic mass is 15.1. The van der Waals surface area contributed by atoms with Gasteiger partial charge >= 0.3 is 0 Å². The Kier molecular flexibility index (Phi) is 5.13. The molecule has 1 unspecified atom stereocenters. The van der Waals surface area contributed by atoms with Crippen LogP contribution in [0.1, 0.15) is 13.8 Å². The zero-order chi connectivity index (χ0) is 9.61. The molecule has 0 spiro atoms. The molecule has 3 heteroatoms. The maximum Gasteiger partial charge on any atom is 0.0845 e. The molecule has 0 amide bonds. The molecule has 0 heterocycles. The van der Waals surface area contributed by atoms with Gasteiger partial charge in [-0.15, -0.1) is 0 Å². The van der Waals surface area contributed by atoms with Gasteiger partial charge < -0.3 is 5.32 Å². The second-order valence-electron chi connectivity index (χ2n) is 3.14. The fourth-order valence-corrected chi connectivity index (χ4v) is 0.725. The van der Waals surface area contributed by atoms with E-state index in [-0.39, 0.29) is 5.66 Å². The smallest absolute Gasteiger partial charge is 0.0845 e. The molecule has 0 saturated carbocycles. The van der Waals surface area contributed by atoms with Crippen molar-refractivity contribution in [3.8, 4) is 0 Å². The number of nitrogens with one attached hydrogen (secondary N) is 3. The van der Waals surface area contributed by atoms with Crippen molar-refractivity contribution in [2.24, 2.45) is 0 Å². The van der Waals surface area contributed by atoms with Gasteiger partial charge in [0.25, 0.3) is 0 Å². The molecular weight excluding hydrogens is 150 g/mol. The molecule has 0 rings (SSSR count). The van der Waals surface area contributed by atoms with Crippen LogP contribution in [0.3, 0.4) is 0 Å². The zero-order valence-corrected chi connectivity index (χ0v) is 8.73. The van der Waals surface area contributed by atoms with E-state index in [0.29, 0.717) is 6.04 Å². The molecule has 0 aliphatic carbocycles. The third kappa shape index (κ3) is 3.85. The lowest BCUT2D eigenvalue weighted by Gasteiger charge is -2.25. The average molecular weight is 171 g/mol. The zero-order valence-electron chi connectivity index (χ0n) is 8.73. The first-order valence-corrected chi connectivity index (χ1v) is 4.32. The summed E-state index contributed by atoms with van der Waals surface area (Å²) >= 11 is 0. The molecule has 0 fully saturated rings. The first-order valence-electron chi connectivity index (χ1n) is 4.32. The van der Waals surface area contributed by atoms with E-state index >= 15 is 0 Å². The summed E-state index contributed by atoms with van der Waals surface area (Å²) in [6.07, 6.45) is 4.25. The minimum absolute atomic E-state index is 0.106. The van der Waals surface area contributed by atoms with Crippen molar-refractivity contribution in [3.05, 3.63) is 12.2 Å². The second-order valence-corrected chi connectivity index (χ2v) is 3.14. The molecule has 1 atom stereocenters. The van der Waals surface area contributed by atoms with Gasteiger partial charge in [-0.05, 0) is 35.0 Å². The molecule has 0 aromatic heterocycles. The summed E-state index contributed by atoms with van der Waals surface area (Å²) in [7, 11) is 5.82. The lowest BCUT2D eigenvalue weighted by molar-refractivity contribution is 0.411. The van der Waals surface area contributed by atoms with E-state index in [1.165, 1.54) is 0 Å². The highest BCUT2D eigenvalue weighted by Gasteiger charge is 2.13. The lowest BCUT2D eigenvalue weighted by Crippen LogP contribution is -2.49. The Bertz CT molecular complexity index is 139. The summed E-state index contributed by atoms with van der Waals surface area (Å²) in [6, 6.07) is 0.408. The summed E-state index contributed by atoms with van der Waals surface area (Å²) < 4.78 is 0. The van der Waals surface area contributed by atoms with Crippen LogP contribution < -0.4 is 16.0 Å². The molecule has 0 radical (unpaired) electrons. The quantitative estimate of drug-likeness (QED) is 0.411. The summed E-state index contributed by atoms with van der Waals surface area (Å²) in [5.74, 6) is 0. The molecule has 3 N–H and O–H groups in total. The van der Waals surface area contributed by atoms with E-state index in [4.69, 9.17) is 0 Å². The van der Waals surface area contributed by atoms with Crippen LogP contribution in [0.2, 0.25) is 0 Å². The Morgan fingerprint density at radius 2 is 1.67 bits per heavy atom. The summed E-state index contributed by atoms with van der Waals surface area (Å²) in [5.41, 5.74) is -0.106. The van der Waals surface area contributed by atoms with Crippen LogP contribution in [-0.4, -0.2) is 32.8 Å².